The van der Waals surface area contributed by atoms with Crippen LogP contribution in [-0.2, 0) is 27.5 Å². The predicted octanol–water partition coefficient (Wildman–Crippen LogP) is 3.04. The first-order valence-electron chi connectivity index (χ1n) is 8.38. The van der Waals surface area contributed by atoms with E-state index in [0.717, 1.165) is 11.1 Å². The molecule has 1 aromatic heterocycles. The van der Waals surface area contributed by atoms with Crippen LogP contribution in [0.4, 0.5) is 5.13 Å². The number of hydrogen-bond donors (Lipinski definition) is 1. The molecule has 3 rings (SSSR count). The Kier molecular flexibility index (Phi) is 5.98. The highest BCUT2D eigenvalue weighted by Gasteiger charge is 2.16. The van der Waals surface area contributed by atoms with Crippen LogP contribution in [-0.4, -0.2) is 30.3 Å². The molecule has 3 aromatic rings. The molecule has 0 bridgehead atoms. The van der Waals surface area contributed by atoms with Crippen molar-refractivity contribution in [2.24, 2.45) is 0 Å². The van der Waals surface area contributed by atoms with Crippen molar-refractivity contribution >= 4 is 32.2 Å². The van der Waals surface area contributed by atoms with Crippen molar-refractivity contribution in [3.63, 3.8) is 0 Å². The SMILES string of the molecule is Cc1ccc(S(=O)(=O)CCc2nnc(NC(=O)Cc3ccccc3)s2)cc1. The Bertz CT molecular complexity index is 1010. The maximum absolute atomic E-state index is 12.4. The Balaban J connectivity index is 1.56. The van der Waals surface area contributed by atoms with E-state index in [0.29, 0.717) is 15.0 Å². The number of rotatable bonds is 7. The number of anilines is 1. The fraction of sp³-hybridized carbons (Fsp3) is 0.211. The number of benzene rings is 2. The largest absolute Gasteiger partial charge is 0.300 e. The van der Waals surface area contributed by atoms with Gasteiger partial charge in [0, 0.05) is 6.42 Å². The Hall–Kier alpha value is -2.58. The summed E-state index contributed by atoms with van der Waals surface area (Å²) < 4.78 is 24.8. The van der Waals surface area contributed by atoms with E-state index in [4.69, 9.17) is 0 Å². The topological polar surface area (TPSA) is 89.0 Å². The van der Waals surface area contributed by atoms with Crippen molar-refractivity contribution in [3.8, 4) is 0 Å². The van der Waals surface area contributed by atoms with E-state index >= 15 is 0 Å². The minimum Gasteiger partial charge on any atom is -0.300 e. The second-order valence-corrected chi connectivity index (χ2v) is 9.26. The number of aryl methyl sites for hydroxylation is 2. The van der Waals surface area contributed by atoms with E-state index in [1.54, 1.807) is 24.3 Å². The average Bonchev–Trinajstić information content (AvgIpc) is 3.08. The Labute approximate surface area is 162 Å². The third kappa shape index (κ3) is 5.45. The summed E-state index contributed by atoms with van der Waals surface area (Å²) in [5, 5.41) is 11.5. The molecular weight excluding hydrogens is 382 g/mol. The number of aromatic nitrogens is 2. The molecule has 0 aliphatic rings. The number of hydrogen-bond acceptors (Lipinski definition) is 6. The van der Waals surface area contributed by atoms with Gasteiger partial charge in [0.1, 0.15) is 5.01 Å². The summed E-state index contributed by atoms with van der Waals surface area (Å²) in [5.41, 5.74) is 1.91. The maximum atomic E-state index is 12.4. The molecule has 0 fully saturated rings. The number of carbonyl (C=O) groups excluding carboxylic acids is 1. The highest BCUT2D eigenvalue weighted by molar-refractivity contribution is 7.91. The smallest absolute Gasteiger partial charge is 0.230 e. The zero-order valence-corrected chi connectivity index (χ0v) is 16.4. The number of carbonyl (C=O) groups is 1. The van der Waals surface area contributed by atoms with Gasteiger partial charge in [0.2, 0.25) is 11.0 Å². The molecule has 0 saturated heterocycles. The molecular formula is C19H19N3O3S2. The summed E-state index contributed by atoms with van der Waals surface area (Å²) >= 11 is 1.19. The lowest BCUT2D eigenvalue weighted by Gasteiger charge is -2.03. The van der Waals surface area contributed by atoms with Crippen molar-refractivity contribution in [2.75, 3.05) is 11.1 Å². The summed E-state index contributed by atoms with van der Waals surface area (Å²) in [6.45, 7) is 1.91. The summed E-state index contributed by atoms with van der Waals surface area (Å²) in [6.07, 6.45) is 0.500. The fourth-order valence-corrected chi connectivity index (χ4v) is 4.57. The van der Waals surface area contributed by atoms with Gasteiger partial charge < -0.3 is 5.32 Å². The van der Waals surface area contributed by atoms with Crippen molar-refractivity contribution in [1.29, 1.82) is 0 Å². The van der Waals surface area contributed by atoms with Gasteiger partial charge in [0.05, 0.1) is 17.1 Å². The van der Waals surface area contributed by atoms with Gasteiger partial charge in [-0.2, -0.15) is 0 Å². The maximum Gasteiger partial charge on any atom is 0.230 e. The fourth-order valence-electron chi connectivity index (χ4n) is 2.43. The second-order valence-electron chi connectivity index (χ2n) is 6.09. The van der Waals surface area contributed by atoms with Crippen molar-refractivity contribution < 1.29 is 13.2 Å². The zero-order valence-electron chi connectivity index (χ0n) is 14.8. The monoisotopic (exact) mass is 401 g/mol. The van der Waals surface area contributed by atoms with Gasteiger partial charge in [0.25, 0.3) is 0 Å². The van der Waals surface area contributed by atoms with Crippen molar-refractivity contribution in [1.82, 2.24) is 10.2 Å². The second kappa shape index (κ2) is 8.41. The molecule has 0 unspecified atom stereocenters. The molecule has 0 spiro atoms. The molecule has 0 aliphatic heterocycles. The third-order valence-electron chi connectivity index (χ3n) is 3.89. The first kappa shape index (κ1) is 19.2. The van der Waals surface area contributed by atoms with Crippen LogP contribution in [0.25, 0.3) is 0 Å². The molecule has 27 heavy (non-hydrogen) atoms. The van der Waals surface area contributed by atoms with Gasteiger partial charge in [-0.25, -0.2) is 8.42 Å². The lowest BCUT2D eigenvalue weighted by Crippen LogP contribution is -2.14. The van der Waals surface area contributed by atoms with Gasteiger partial charge >= 0.3 is 0 Å². The number of nitrogens with zero attached hydrogens (tertiary/aromatic N) is 2. The minimum absolute atomic E-state index is 0.0529. The summed E-state index contributed by atoms with van der Waals surface area (Å²) in [4.78, 5) is 12.4. The average molecular weight is 402 g/mol. The summed E-state index contributed by atoms with van der Waals surface area (Å²) in [6, 6.07) is 16.2. The van der Waals surface area contributed by atoms with Gasteiger partial charge in [0.15, 0.2) is 9.84 Å². The molecule has 1 N–H and O–H groups in total. The van der Waals surface area contributed by atoms with Crippen LogP contribution in [0.2, 0.25) is 0 Å². The van der Waals surface area contributed by atoms with Gasteiger partial charge in [-0.3, -0.25) is 4.79 Å². The van der Waals surface area contributed by atoms with Crippen molar-refractivity contribution in [3.05, 3.63) is 70.7 Å². The number of sulfone groups is 1. The molecule has 0 aliphatic carbocycles. The molecule has 0 saturated carbocycles. The Morgan fingerprint density at radius 1 is 1.04 bits per heavy atom. The van der Waals surface area contributed by atoms with Crippen LogP contribution in [0.15, 0.2) is 59.5 Å². The van der Waals surface area contributed by atoms with E-state index in [1.807, 2.05) is 37.3 Å². The summed E-state index contributed by atoms with van der Waals surface area (Å²) in [5.74, 6) is -0.237. The van der Waals surface area contributed by atoms with Crippen LogP contribution in [0.3, 0.4) is 0 Å². The molecule has 140 valence electrons. The van der Waals surface area contributed by atoms with Gasteiger partial charge in [-0.1, -0.05) is 59.4 Å². The molecule has 8 heteroatoms. The lowest BCUT2D eigenvalue weighted by atomic mass is 10.1. The van der Waals surface area contributed by atoms with Gasteiger partial charge in [-0.05, 0) is 24.6 Å². The van der Waals surface area contributed by atoms with E-state index in [-0.39, 0.29) is 24.5 Å². The predicted molar refractivity (Wildman–Crippen MR) is 106 cm³/mol. The first-order valence-corrected chi connectivity index (χ1v) is 10.8. The molecule has 1 heterocycles. The number of amides is 1. The lowest BCUT2D eigenvalue weighted by molar-refractivity contribution is -0.115. The molecule has 0 radical (unpaired) electrons. The van der Waals surface area contributed by atoms with Crippen LogP contribution >= 0.6 is 11.3 Å². The minimum atomic E-state index is -3.38. The third-order valence-corrected chi connectivity index (χ3v) is 6.52. The normalized spacial score (nSPS) is 11.3. The van der Waals surface area contributed by atoms with Gasteiger partial charge in [-0.15, -0.1) is 10.2 Å². The van der Waals surface area contributed by atoms with Crippen LogP contribution in [0, 0.1) is 6.92 Å². The highest BCUT2D eigenvalue weighted by Crippen LogP contribution is 2.19. The molecule has 0 atom stereocenters. The van der Waals surface area contributed by atoms with Crippen molar-refractivity contribution in [2.45, 2.75) is 24.7 Å². The Morgan fingerprint density at radius 3 is 2.44 bits per heavy atom. The Morgan fingerprint density at radius 2 is 1.74 bits per heavy atom. The van der Waals surface area contributed by atoms with E-state index in [9.17, 15) is 13.2 Å². The summed E-state index contributed by atoms with van der Waals surface area (Å²) in [7, 11) is -3.38. The zero-order chi connectivity index (χ0) is 19.3. The molecule has 1 amide bonds. The van der Waals surface area contributed by atoms with E-state index < -0.39 is 9.84 Å². The van der Waals surface area contributed by atoms with E-state index in [2.05, 4.69) is 15.5 Å². The first-order chi connectivity index (χ1) is 12.9. The molecule has 2 aromatic carbocycles. The highest BCUT2D eigenvalue weighted by atomic mass is 32.2. The van der Waals surface area contributed by atoms with E-state index in [1.165, 1.54) is 11.3 Å². The van der Waals surface area contributed by atoms with Crippen LogP contribution in [0.1, 0.15) is 16.1 Å². The molecule has 6 nitrogen and oxygen atoms in total. The van der Waals surface area contributed by atoms with Crippen LogP contribution < -0.4 is 5.32 Å². The quantitative estimate of drug-likeness (QED) is 0.657. The van der Waals surface area contributed by atoms with Crippen LogP contribution in [0.5, 0.6) is 0 Å². The standard InChI is InChI=1S/C19H19N3O3S2/c1-14-7-9-16(10-8-14)27(24,25)12-11-18-21-22-19(26-18)20-17(23)13-15-5-3-2-4-6-15/h2-10H,11-13H2,1H3,(H,20,22,23). The number of nitrogens with one attached hydrogen (secondary N) is 1.